The summed E-state index contributed by atoms with van der Waals surface area (Å²) in [5.74, 6) is 0.331. The Labute approximate surface area is 145 Å². The number of carbonyl (C=O) groups is 1. The Bertz CT molecular complexity index is 671. The molecule has 1 amide bonds. The number of benzene rings is 1. The second-order valence-electron chi connectivity index (χ2n) is 6.77. The normalized spacial score (nSPS) is 18.3. The highest BCUT2D eigenvalue weighted by Gasteiger charge is 2.26. The number of sulfonamides is 1. The van der Waals surface area contributed by atoms with E-state index in [4.69, 9.17) is 0 Å². The lowest BCUT2D eigenvalue weighted by Gasteiger charge is -2.33. The van der Waals surface area contributed by atoms with Crippen LogP contribution in [0, 0.1) is 5.92 Å². The molecule has 7 heteroatoms. The maximum Gasteiger partial charge on any atom is 0.243 e. The van der Waals surface area contributed by atoms with Gasteiger partial charge in [0.1, 0.15) is 6.54 Å². The van der Waals surface area contributed by atoms with E-state index in [-0.39, 0.29) is 12.5 Å². The molecule has 0 bridgehead atoms. The smallest absolute Gasteiger partial charge is 0.243 e. The van der Waals surface area contributed by atoms with Crippen molar-refractivity contribution in [3.63, 3.8) is 0 Å². The summed E-state index contributed by atoms with van der Waals surface area (Å²) in [7, 11) is 0.316. The number of hydrogen-bond acceptors (Lipinski definition) is 4. The molecule has 0 saturated carbocycles. The third kappa shape index (κ3) is 4.63. The quantitative estimate of drug-likeness (QED) is 0.809. The molecule has 6 nitrogen and oxygen atoms in total. The largest absolute Gasteiger partial charge is 0.378 e. The van der Waals surface area contributed by atoms with Crippen molar-refractivity contribution in [1.29, 1.82) is 0 Å². The van der Waals surface area contributed by atoms with Crippen molar-refractivity contribution in [3.8, 4) is 0 Å². The lowest BCUT2D eigenvalue weighted by Crippen LogP contribution is -2.46. The number of likely N-dealkylation sites (tertiary alicyclic amines) is 1. The van der Waals surface area contributed by atoms with Crippen LogP contribution < -0.4 is 9.21 Å². The fourth-order valence-corrected chi connectivity index (χ4v) is 3.81. The number of piperidine rings is 1. The van der Waals surface area contributed by atoms with Crippen LogP contribution >= 0.6 is 0 Å². The predicted octanol–water partition coefficient (Wildman–Crippen LogP) is 1.78. The Morgan fingerprint density at radius 2 is 1.79 bits per heavy atom. The van der Waals surface area contributed by atoms with E-state index in [0.29, 0.717) is 24.7 Å². The molecule has 134 valence electrons. The van der Waals surface area contributed by atoms with E-state index < -0.39 is 10.0 Å². The fourth-order valence-electron chi connectivity index (χ4n) is 2.96. The molecule has 1 atom stereocenters. The molecule has 1 saturated heterocycles. The second kappa shape index (κ2) is 7.42. The molecule has 0 aliphatic carbocycles. The Hall–Kier alpha value is -1.76. The minimum atomic E-state index is -3.53. The van der Waals surface area contributed by atoms with E-state index >= 15 is 0 Å². The van der Waals surface area contributed by atoms with E-state index in [1.165, 1.54) is 4.31 Å². The van der Waals surface area contributed by atoms with Crippen LogP contribution in [0.15, 0.2) is 24.3 Å². The highest BCUT2D eigenvalue weighted by molar-refractivity contribution is 7.92. The average molecular weight is 353 g/mol. The van der Waals surface area contributed by atoms with Gasteiger partial charge in [-0.1, -0.05) is 6.92 Å². The Balaban J connectivity index is 2.18. The molecule has 1 aliphatic rings. The van der Waals surface area contributed by atoms with Crippen LogP contribution in [0.4, 0.5) is 11.4 Å². The Morgan fingerprint density at radius 1 is 1.21 bits per heavy atom. The summed E-state index contributed by atoms with van der Waals surface area (Å²) >= 11 is 0. The van der Waals surface area contributed by atoms with Gasteiger partial charge in [-0.2, -0.15) is 0 Å². The first-order valence-electron chi connectivity index (χ1n) is 8.21. The minimum Gasteiger partial charge on any atom is -0.378 e. The molecule has 2 rings (SSSR count). The van der Waals surface area contributed by atoms with Crippen LogP contribution in [-0.4, -0.2) is 59.2 Å². The van der Waals surface area contributed by atoms with E-state index in [0.717, 1.165) is 24.8 Å². The number of anilines is 2. The van der Waals surface area contributed by atoms with Crippen LogP contribution in [0.1, 0.15) is 19.8 Å². The highest BCUT2D eigenvalue weighted by Crippen LogP contribution is 2.22. The SMILES string of the molecule is CC1CCCN(C(=O)CN(c2ccc(N(C)C)cc2)S(C)(=O)=O)C1. The van der Waals surface area contributed by atoms with Gasteiger partial charge in [0.15, 0.2) is 0 Å². The Morgan fingerprint density at radius 3 is 2.29 bits per heavy atom. The third-order valence-electron chi connectivity index (χ3n) is 4.34. The molecule has 1 aromatic rings. The Kier molecular flexibility index (Phi) is 5.74. The third-order valence-corrected chi connectivity index (χ3v) is 5.48. The zero-order valence-electron chi connectivity index (χ0n) is 14.9. The number of amides is 1. The van der Waals surface area contributed by atoms with Gasteiger partial charge in [-0.25, -0.2) is 8.42 Å². The van der Waals surface area contributed by atoms with Crippen LogP contribution in [0.2, 0.25) is 0 Å². The van der Waals surface area contributed by atoms with Crippen molar-refractivity contribution in [2.75, 3.05) is 49.2 Å². The van der Waals surface area contributed by atoms with Crippen molar-refractivity contribution in [2.45, 2.75) is 19.8 Å². The second-order valence-corrected chi connectivity index (χ2v) is 8.67. The molecule has 0 spiro atoms. The molecule has 1 unspecified atom stereocenters. The van der Waals surface area contributed by atoms with E-state index in [2.05, 4.69) is 6.92 Å². The maximum atomic E-state index is 12.6. The first-order chi connectivity index (χ1) is 11.2. The van der Waals surface area contributed by atoms with Crippen LogP contribution in [0.5, 0.6) is 0 Å². The van der Waals surface area contributed by atoms with Gasteiger partial charge in [0.05, 0.1) is 11.9 Å². The molecule has 1 fully saturated rings. The summed E-state index contributed by atoms with van der Waals surface area (Å²) < 4.78 is 25.5. The monoisotopic (exact) mass is 353 g/mol. The number of hydrogen-bond donors (Lipinski definition) is 0. The van der Waals surface area contributed by atoms with Gasteiger partial charge in [0, 0.05) is 32.9 Å². The van der Waals surface area contributed by atoms with Crippen molar-refractivity contribution in [1.82, 2.24) is 4.90 Å². The van der Waals surface area contributed by atoms with Gasteiger partial charge in [-0.15, -0.1) is 0 Å². The lowest BCUT2D eigenvalue weighted by atomic mass is 10.0. The first kappa shape index (κ1) is 18.6. The molecule has 0 radical (unpaired) electrons. The van der Waals surface area contributed by atoms with Crippen molar-refractivity contribution in [2.24, 2.45) is 5.92 Å². The summed E-state index contributed by atoms with van der Waals surface area (Å²) in [5.41, 5.74) is 1.49. The maximum absolute atomic E-state index is 12.6. The van der Waals surface area contributed by atoms with Gasteiger partial charge >= 0.3 is 0 Å². The predicted molar refractivity (Wildman–Crippen MR) is 97.9 cm³/mol. The van der Waals surface area contributed by atoms with Gasteiger partial charge in [0.2, 0.25) is 15.9 Å². The standard InChI is InChI=1S/C17H27N3O3S/c1-14-6-5-11-19(12-14)17(21)13-20(24(4,22)23)16-9-7-15(8-10-16)18(2)3/h7-10,14H,5-6,11-13H2,1-4H3. The summed E-state index contributed by atoms with van der Waals surface area (Å²) in [4.78, 5) is 16.3. The van der Waals surface area contributed by atoms with Crippen LogP contribution in [0.25, 0.3) is 0 Å². The molecule has 1 aliphatic heterocycles. The van der Waals surface area contributed by atoms with E-state index in [1.807, 2.05) is 31.1 Å². The van der Waals surface area contributed by atoms with Gasteiger partial charge in [-0.3, -0.25) is 9.10 Å². The highest BCUT2D eigenvalue weighted by atomic mass is 32.2. The summed E-state index contributed by atoms with van der Waals surface area (Å²) in [6, 6.07) is 7.17. The minimum absolute atomic E-state index is 0.135. The van der Waals surface area contributed by atoms with E-state index in [9.17, 15) is 13.2 Å². The first-order valence-corrected chi connectivity index (χ1v) is 10.1. The molecular formula is C17H27N3O3S. The summed E-state index contributed by atoms with van der Waals surface area (Å²) in [6.45, 7) is 3.39. The van der Waals surface area contributed by atoms with Crippen molar-refractivity contribution >= 4 is 27.3 Å². The molecule has 24 heavy (non-hydrogen) atoms. The van der Waals surface area contributed by atoms with Gasteiger partial charge in [0.25, 0.3) is 0 Å². The zero-order chi connectivity index (χ0) is 17.9. The number of rotatable bonds is 5. The fraction of sp³-hybridized carbons (Fsp3) is 0.588. The lowest BCUT2D eigenvalue weighted by molar-refractivity contribution is -0.131. The van der Waals surface area contributed by atoms with E-state index in [1.54, 1.807) is 17.0 Å². The number of carbonyl (C=O) groups excluding carboxylic acids is 1. The van der Waals surface area contributed by atoms with Crippen LogP contribution in [0.3, 0.4) is 0 Å². The average Bonchev–Trinajstić information content (AvgIpc) is 2.51. The summed E-state index contributed by atoms with van der Waals surface area (Å²) in [6.07, 6.45) is 3.23. The van der Waals surface area contributed by atoms with Crippen molar-refractivity contribution < 1.29 is 13.2 Å². The molecule has 0 N–H and O–H groups in total. The molecule has 1 heterocycles. The molecule has 0 aromatic heterocycles. The topological polar surface area (TPSA) is 60.9 Å². The van der Waals surface area contributed by atoms with Crippen molar-refractivity contribution in [3.05, 3.63) is 24.3 Å². The van der Waals surface area contributed by atoms with Crippen LogP contribution in [-0.2, 0) is 14.8 Å². The zero-order valence-corrected chi connectivity index (χ0v) is 15.7. The molecule has 1 aromatic carbocycles. The number of nitrogens with zero attached hydrogens (tertiary/aromatic N) is 3. The van der Waals surface area contributed by atoms with Gasteiger partial charge in [-0.05, 0) is 43.0 Å². The molecular weight excluding hydrogens is 326 g/mol. The summed E-state index contributed by atoms with van der Waals surface area (Å²) in [5, 5.41) is 0. The van der Waals surface area contributed by atoms with Gasteiger partial charge < -0.3 is 9.80 Å².